The van der Waals surface area contributed by atoms with E-state index >= 15 is 0 Å². The van der Waals surface area contributed by atoms with Crippen molar-refractivity contribution in [2.45, 2.75) is 13.5 Å². The van der Waals surface area contributed by atoms with Crippen LogP contribution in [-0.4, -0.2) is 32.7 Å². The van der Waals surface area contributed by atoms with Crippen molar-refractivity contribution in [1.82, 2.24) is 19.7 Å². The minimum atomic E-state index is -0.198. The highest BCUT2D eigenvalue weighted by molar-refractivity contribution is 6.31. The molecule has 0 aliphatic carbocycles. The average Bonchev–Trinajstić information content (AvgIpc) is 3.40. The molecule has 30 heavy (non-hydrogen) atoms. The molecule has 0 bridgehead atoms. The van der Waals surface area contributed by atoms with Crippen LogP contribution in [-0.2, 0) is 11.3 Å². The molecule has 0 aliphatic rings. The molecule has 0 fully saturated rings. The zero-order chi connectivity index (χ0) is 21.1. The molecule has 1 amide bonds. The van der Waals surface area contributed by atoms with E-state index in [0.717, 1.165) is 16.9 Å². The Labute approximate surface area is 177 Å². The van der Waals surface area contributed by atoms with Crippen LogP contribution in [0.25, 0.3) is 23.0 Å². The molecule has 2 aromatic heterocycles. The van der Waals surface area contributed by atoms with Gasteiger partial charge in [0.25, 0.3) is 5.89 Å². The monoisotopic (exact) mass is 423 g/mol. The molecule has 0 unspecified atom stereocenters. The van der Waals surface area contributed by atoms with E-state index in [1.165, 1.54) is 0 Å². The van der Waals surface area contributed by atoms with Crippen LogP contribution in [0.4, 0.5) is 5.69 Å². The summed E-state index contributed by atoms with van der Waals surface area (Å²) in [5.41, 5.74) is 2.88. The zero-order valence-electron chi connectivity index (χ0n) is 16.3. The maximum atomic E-state index is 12.4. The Morgan fingerprint density at radius 2 is 2.03 bits per heavy atom. The molecule has 1 N–H and O–H groups in total. The molecule has 0 radical (unpaired) electrons. The number of carbonyl (C=O) groups is 1. The smallest absolute Gasteiger partial charge is 0.258 e. The quantitative estimate of drug-likeness (QED) is 0.499. The molecule has 0 saturated heterocycles. The lowest BCUT2D eigenvalue weighted by Crippen LogP contribution is -2.18. The van der Waals surface area contributed by atoms with E-state index in [2.05, 4.69) is 20.4 Å². The average molecular weight is 424 g/mol. The van der Waals surface area contributed by atoms with E-state index in [1.807, 2.05) is 37.3 Å². The van der Waals surface area contributed by atoms with Crippen LogP contribution in [0, 0.1) is 6.92 Å². The van der Waals surface area contributed by atoms with Crippen molar-refractivity contribution in [1.29, 1.82) is 0 Å². The highest BCUT2D eigenvalue weighted by Crippen LogP contribution is 2.23. The first-order valence-corrected chi connectivity index (χ1v) is 9.46. The second-order valence-corrected chi connectivity index (χ2v) is 7.03. The number of halogens is 1. The summed E-state index contributed by atoms with van der Waals surface area (Å²) in [6, 6.07) is 12.6. The minimum absolute atomic E-state index is 0.0855. The molecular formula is C21H18ClN5O3. The SMILES string of the molecule is COc1ccc(-c2nc(-c3cn(CC(=O)Nc4cc(Cl)ccc4C)cn3)no2)cc1. The number of methoxy groups -OCH3 is 1. The number of nitrogens with one attached hydrogen (secondary N) is 1. The van der Waals surface area contributed by atoms with Gasteiger partial charge in [0.2, 0.25) is 11.7 Å². The molecule has 0 saturated carbocycles. The third kappa shape index (κ3) is 4.33. The fraction of sp³-hybridized carbons (Fsp3) is 0.143. The number of rotatable bonds is 6. The summed E-state index contributed by atoms with van der Waals surface area (Å²) in [5, 5.41) is 7.39. The molecule has 0 spiro atoms. The van der Waals surface area contributed by atoms with Crippen LogP contribution >= 0.6 is 11.6 Å². The van der Waals surface area contributed by atoms with E-state index in [1.54, 1.807) is 36.3 Å². The largest absolute Gasteiger partial charge is 0.497 e. The lowest BCUT2D eigenvalue weighted by atomic mass is 10.2. The third-order valence-electron chi connectivity index (χ3n) is 4.43. The molecule has 152 valence electrons. The Balaban J connectivity index is 1.44. The van der Waals surface area contributed by atoms with Crippen LogP contribution in [0.5, 0.6) is 5.75 Å². The molecule has 2 aromatic carbocycles. The van der Waals surface area contributed by atoms with E-state index < -0.39 is 0 Å². The van der Waals surface area contributed by atoms with E-state index in [-0.39, 0.29) is 12.5 Å². The number of aryl methyl sites for hydroxylation is 1. The van der Waals surface area contributed by atoms with Crippen LogP contribution < -0.4 is 10.1 Å². The van der Waals surface area contributed by atoms with E-state index in [4.69, 9.17) is 20.9 Å². The second kappa shape index (κ2) is 8.38. The number of ether oxygens (including phenoxy) is 1. The summed E-state index contributed by atoms with van der Waals surface area (Å²) >= 11 is 6.00. The lowest BCUT2D eigenvalue weighted by molar-refractivity contribution is -0.116. The summed E-state index contributed by atoms with van der Waals surface area (Å²) < 4.78 is 12.1. The number of aromatic nitrogens is 4. The van der Waals surface area contributed by atoms with Crippen molar-refractivity contribution in [3.63, 3.8) is 0 Å². The van der Waals surface area contributed by atoms with Gasteiger partial charge in [0.15, 0.2) is 0 Å². The number of imidazole rings is 1. The second-order valence-electron chi connectivity index (χ2n) is 6.59. The first-order valence-electron chi connectivity index (χ1n) is 9.08. The topological polar surface area (TPSA) is 95.1 Å². The normalized spacial score (nSPS) is 10.8. The number of hydrogen-bond acceptors (Lipinski definition) is 6. The number of benzene rings is 2. The van der Waals surface area contributed by atoms with Crippen molar-refractivity contribution in [2.75, 3.05) is 12.4 Å². The summed E-state index contributed by atoms with van der Waals surface area (Å²) in [6.45, 7) is 1.99. The highest BCUT2D eigenvalue weighted by Gasteiger charge is 2.14. The third-order valence-corrected chi connectivity index (χ3v) is 4.66. The minimum Gasteiger partial charge on any atom is -0.497 e. The van der Waals surface area contributed by atoms with Crippen LogP contribution in [0.3, 0.4) is 0 Å². The van der Waals surface area contributed by atoms with Gasteiger partial charge in [-0.05, 0) is 48.9 Å². The first-order chi connectivity index (χ1) is 14.5. The molecule has 0 atom stereocenters. The fourth-order valence-corrected chi connectivity index (χ4v) is 3.00. The van der Waals surface area contributed by atoms with Gasteiger partial charge in [0.05, 0.1) is 13.4 Å². The predicted octanol–water partition coefficient (Wildman–Crippen LogP) is 4.21. The van der Waals surface area contributed by atoms with Gasteiger partial charge in [-0.1, -0.05) is 22.8 Å². The van der Waals surface area contributed by atoms with Crippen molar-refractivity contribution in [2.24, 2.45) is 0 Å². The zero-order valence-corrected chi connectivity index (χ0v) is 17.1. The Hall–Kier alpha value is -3.65. The van der Waals surface area contributed by atoms with Gasteiger partial charge in [-0.25, -0.2) is 4.98 Å². The van der Waals surface area contributed by atoms with E-state index in [0.29, 0.717) is 28.1 Å². The molecular weight excluding hydrogens is 406 g/mol. The molecule has 4 rings (SSSR count). The Morgan fingerprint density at radius 3 is 2.80 bits per heavy atom. The van der Waals surface area contributed by atoms with Gasteiger partial charge in [-0.3, -0.25) is 4.79 Å². The molecule has 0 aliphatic heterocycles. The van der Waals surface area contributed by atoms with Crippen LogP contribution in [0.1, 0.15) is 5.56 Å². The van der Waals surface area contributed by atoms with Crippen molar-refractivity contribution >= 4 is 23.2 Å². The van der Waals surface area contributed by atoms with E-state index in [9.17, 15) is 4.79 Å². The Morgan fingerprint density at radius 1 is 1.23 bits per heavy atom. The Kier molecular flexibility index (Phi) is 5.49. The summed E-state index contributed by atoms with van der Waals surface area (Å²) in [7, 11) is 1.60. The molecule has 2 heterocycles. The standard InChI is InChI=1S/C21H18ClN5O3/c1-13-3-6-15(22)9-17(13)24-19(28)11-27-10-18(23-12-27)20-25-21(30-26-20)14-4-7-16(29-2)8-5-14/h3-10,12H,11H2,1-2H3,(H,24,28). The van der Waals surface area contributed by atoms with Crippen LogP contribution in [0.15, 0.2) is 59.5 Å². The fourth-order valence-electron chi connectivity index (χ4n) is 2.82. The van der Waals surface area contributed by atoms with Gasteiger partial charge in [0.1, 0.15) is 18.0 Å². The number of anilines is 1. The van der Waals surface area contributed by atoms with Crippen molar-refractivity contribution in [3.05, 3.63) is 65.6 Å². The van der Waals surface area contributed by atoms with Gasteiger partial charge < -0.3 is 19.1 Å². The maximum absolute atomic E-state index is 12.4. The molecule has 8 nitrogen and oxygen atoms in total. The van der Waals surface area contributed by atoms with Gasteiger partial charge in [0, 0.05) is 22.5 Å². The van der Waals surface area contributed by atoms with Gasteiger partial charge in [-0.2, -0.15) is 4.98 Å². The van der Waals surface area contributed by atoms with Crippen molar-refractivity contribution in [3.8, 4) is 28.7 Å². The molecule has 4 aromatic rings. The van der Waals surface area contributed by atoms with Crippen LogP contribution in [0.2, 0.25) is 5.02 Å². The Bertz CT molecular complexity index is 1180. The molecule has 9 heteroatoms. The number of hydrogen-bond donors (Lipinski definition) is 1. The number of carbonyl (C=O) groups excluding carboxylic acids is 1. The van der Waals surface area contributed by atoms with Crippen molar-refractivity contribution < 1.29 is 14.1 Å². The predicted molar refractivity (Wildman–Crippen MR) is 112 cm³/mol. The van der Waals surface area contributed by atoms with Gasteiger partial charge in [-0.15, -0.1) is 0 Å². The summed E-state index contributed by atoms with van der Waals surface area (Å²) in [6.07, 6.45) is 3.23. The number of amides is 1. The maximum Gasteiger partial charge on any atom is 0.258 e. The summed E-state index contributed by atoms with van der Waals surface area (Å²) in [5.74, 6) is 1.25. The lowest BCUT2D eigenvalue weighted by Gasteiger charge is -2.09. The summed E-state index contributed by atoms with van der Waals surface area (Å²) in [4.78, 5) is 21.0. The number of nitrogens with zero attached hydrogens (tertiary/aromatic N) is 4. The first kappa shape index (κ1) is 19.7. The highest BCUT2D eigenvalue weighted by atomic mass is 35.5. The van der Waals surface area contributed by atoms with Gasteiger partial charge >= 0.3 is 0 Å².